The molecule has 4 nitrogen and oxygen atoms in total. The van der Waals surface area contributed by atoms with Crippen LogP contribution >= 0.6 is 15.9 Å². The van der Waals surface area contributed by atoms with Crippen molar-refractivity contribution in [2.75, 3.05) is 13.2 Å². The molecule has 0 spiro atoms. The molecule has 3 rings (SSSR count). The van der Waals surface area contributed by atoms with E-state index in [-0.39, 0.29) is 18.6 Å². The van der Waals surface area contributed by atoms with Crippen LogP contribution in [0, 0.1) is 0 Å². The molecule has 1 aliphatic heterocycles. The van der Waals surface area contributed by atoms with E-state index in [0.717, 1.165) is 42.4 Å². The largest absolute Gasteiger partial charge is 0.394 e. The highest BCUT2D eigenvalue weighted by Crippen LogP contribution is 2.38. The summed E-state index contributed by atoms with van der Waals surface area (Å²) in [5, 5.41) is 9.32. The summed E-state index contributed by atoms with van der Waals surface area (Å²) in [6.45, 7) is 0.828. The summed E-state index contributed by atoms with van der Waals surface area (Å²) in [6.07, 6.45) is 6.21. The Labute approximate surface area is 115 Å². The standard InChI is InChI=1S/C13H17BrN2O2/c14-9-6-12(16(7-9)10-3-4-10)13(18)15-5-1-2-11(15)8-17/h6-7,10-11,17H,1-5,8H2/t11-/m1/s1. The first-order chi connectivity index (χ1) is 8.70. The first kappa shape index (κ1) is 12.2. The van der Waals surface area contributed by atoms with Crippen molar-refractivity contribution in [2.45, 2.75) is 37.8 Å². The molecule has 0 unspecified atom stereocenters. The van der Waals surface area contributed by atoms with Gasteiger partial charge in [-0.15, -0.1) is 0 Å². The summed E-state index contributed by atoms with van der Waals surface area (Å²) < 4.78 is 3.04. The summed E-state index contributed by atoms with van der Waals surface area (Å²) in [4.78, 5) is 14.4. The van der Waals surface area contributed by atoms with Gasteiger partial charge < -0.3 is 14.6 Å². The molecule has 1 saturated carbocycles. The highest BCUT2D eigenvalue weighted by atomic mass is 79.9. The third-order valence-corrected chi connectivity index (χ3v) is 4.26. The Morgan fingerprint density at radius 1 is 1.44 bits per heavy atom. The molecule has 5 heteroatoms. The van der Waals surface area contributed by atoms with Crippen molar-refractivity contribution in [3.63, 3.8) is 0 Å². The van der Waals surface area contributed by atoms with E-state index in [2.05, 4.69) is 20.5 Å². The predicted molar refractivity (Wildman–Crippen MR) is 71.5 cm³/mol. The van der Waals surface area contributed by atoms with Crippen LogP contribution in [0.15, 0.2) is 16.7 Å². The van der Waals surface area contributed by atoms with Crippen LogP contribution in [-0.2, 0) is 0 Å². The topological polar surface area (TPSA) is 45.5 Å². The second-order valence-electron chi connectivity index (χ2n) is 5.16. The van der Waals surface area contributed by atoms with Crippen molar-refractivity contribution in [1.29, 1.82) is 0 Å². The number of amides is 1. The number of aliphatic hydroxyl groups excluding tert-OH is 1. The molecule has 1 amide bonds. The molecule has 2 heterocycles. The van der Waals surface area contributed by atoms with E-state index in [1.54, 1.807) is 0 Å². The number of hydrogen-bond acceptors (Lipinski definition) is 2. The van der Waals surface area contributed by atoms with Gasteiger partial charge in [-0.05, 0) is 47.7 Å². The van der Waals surface area contributed by atoms with Crippen LogP contribution in [0.4, 0.5) is 0 Å². The molecule has 0 bridgehead atoms. The van der Waals surface area contributed by atoms with Crippen LogP contribution in [0.2, 0.25) is 0 Å². The maximum Gasteiger partial charge on any atom is 0.270 e. The molecule has 1 aromatic rings. The highest BCUT2D eigenvalue weighted by molar-refractivity contribution is 9.10. The van der Waals surface area contributed by atoms with Crippen LogP contribution in [0.1, 0.15) is 42.2 Å². The molecular formula is C13H17BrN2O2. The minimum atomic E-state index is -0.00108. The van der Waals surface area contributed by atoms with E-state index < -0.39 is 0 Å². The average molecular weight is 313 g/mol. The third kappa shape index (κ3) is 2.10. The first-order valence-corrected chi connectivity index (χ1v) is 7.29. The lowest BCUT2D eigenvalue weighted by molar-refractivity contribution is 0.0666. The van der Waals surface area contributed by atoms with Gasteiger partial charge in [-0.2, -0.15) is 0 Å². The van der Waals surface area contributed by atoms with Crippen molar-refractivity contribution >= 4 is 21.8 Å². The lowest BCUT2D eigenvalue weighted by Crippen LogP contribution is -2.38. The zero-order valence-electron chi connectivity index (χ0n) is 10.2. The smallest absolute Gasteiger partial charge is 0.270 e. The summed E-state index contributed by atoms with van der Waals surface area (Å²) in [7, 11) is 0. The Hall–Kier alpha value is -0.810. The summed E-state index contributed by atoms with van der Waals surface area (Å²) in [5.74, 6) is 0.0594. The van der Waals surface area contributed by atoms with Crippen LogP contribution in [0.3, 0.4) is 0 Å². The van der Waals surface area contributed by atoms with Crippen LogP contribution in [0.5, 0.6) is 0 Å². The number of likely N-dealkylation sites (tertiary alicyclic amines) is 1. The summed E-state index contributed by atoms with van der Waals surface area (Å²) in [6, 6.07) is 2.39. The maximum absolute atomic E-state index is 12.6. The van der Waals surface area contributed by atoms with Crippen molar-refractivity contribution in [3.05, 3.63) is 22.4 Å². The molecule has 1 N–H and O–H groups in total. The minimum absolute atomic E-state index is 0.00108. The molecule has 2 fully saturated rings. The van der Waals surface area contributed by atoms with Crippen molar-refractivity contribution in [1.82, 2.24) is 9.47 Å². The Morgan fingerprint density at radius 2 is 2.22 bits per heavy atom. The van der Waals surface area contributed by atoms with Crippen molar-refractivity contribution in [3.8, 4) is 0 Å². The quantitative estimate of drug-likeness (QED) is 0.930. The van der Waals surface area contributed by atoms with Gasteiger partial charge in [0, 0.05) is 23.3 Å². The number of rotatable bonds is 3. The Balaban J connectivity index is 1.87. The van der Waals surface area contributed by atoms with E-state index in [0.29, 0.717) is 6.04 Å². The van der Waals surface area contributed by atoms with E-state index in [1.807, 2.05) is 17.2 Å². The number of aliphatic hydroxyl groups is 1. The highest BCUT2D eigenvalue weighted by Gasteiger charge is 2.33. The number of carbonyl (C=O) groups is 1. The lowest BCUT2D eigenvalue weighted by atomic mass is 10.2. The molecule has 1 atom stereocenters. The molecule has 98 valence electrons. The molecule has 0 radical (unpaired) electrons. The monoisotopic (exact) mass is 312 g/mol. The van der Waals surface area contributed by atoms with E-state index in [1.165, 1.54) is 0 Å². The van der Waals surface area contributed by atoms with Gasteiger partial charge in [0.05, 0.1) is 12.6 Å². The van der Waals surface area contributed by atoms with E-state index in [9.17, 15) is 9.90 Å². The van der Waals surface area contributed by atoms with Crippen molar-refractivity contribution in [2.24, 2.45) is 0 Å². The number of nitrogens with zero attached hydrogens (tertiary/aromatic N) is 2. The van der Waals surface area contributed by atoms with Crippen molar-refractivity contribution < 1.29 is 9.90 Å². The fraction of sp³-hybridized carbons (Fsp3) is 0.615. The van der Waals surface area contributed by atoms with Gasteiger partial charge in [-0.1, -0.05) is 0 Å². The molecule has 1 aromatic heterocycles. The summed E-state index contributed by atoms with van der Waals surface area (Å²) >= 11 is 3.45. The number of hydrogen-bond donors (Lipinski definition) is 1. The zero-order chi connectivity index (χ0) is 12.7. The molecule has 1 saturated heterocycles. The Kier molecular flexibility index (Phi) is 3.20. The van der Waals surface area contributed by atoms with Gasteiger partial charge in [0.15, 0.2) is 0 Å². The molecule has 18 heavy (non-hydrogen) atoms. The van der Waals surface area contributed by atoms with E-state index >= 15 is 0 Å². The second-order valence-corrected chi connectivity index (χ2v) is 6.07. The SMILES string of the molecule is O=C(c1cc(Br)cn1C1CC1)N1CCC[C@@H]1CO. The van der Waals surface area contributed by atoms with Gasteiger partial charge in [0.2, 0.25) is 0 Å². The third-order valence-electron chi connectivity index (χ3n) is 3.82. The number of carbonyl (C=O) groups excluding carboxylic acids is 1. The number of aromatic nitrogens is 1. The zero-order valence-corrected chi connectivity index (χ0v) is 11.8. The molecule has 2 aliphatic rings. The molecule has 1 aliphatic carbocycles. The Morgan fingerprint density at radius 3 is 2.89 bits per heavy atom. The van der Waals surface area contributed by atoms with Gasteiger partial charge in [-0.3, -0.25) is 4.79 Å². The lowest BCUT2D eigenvalue weighted by Gasteiger charge is -2.23. The fourth-order valence-corrected chi connectivity index (χ4v) is 3.15. The average Bonchev–Trinajstić information content (AvgIpc) is 2.97. The number of halogens is 1. The fourth-order valence-electron chi connectivity index (χ4n) is 2.71. The maximum atomic E-state index is 12.6. The van der Waals surface area contributed by atoms with Gasteiger partial charge in [0.1, 0.15) is 5.69 Å². The molecule has 0 aromatic carbocycles. The molecular weight excluding hydrogens is 296 g/mol. The van der Waals surface area contributed by atoms with Gasteiger partial charge >= 0.3 is 0 Å². The summed E-state index contributed by atoms with van der Waals surface area (Å²) in [5.41, 5.74) is 0.754. The van der Waals surface area contributed by atoms with Crippen LogP contribution < -0.4 is 0 Å². The predicted octanol–water partition coefficient (Wildman–Crippen LogP) is 2.18. The first-order valence-electron chi connectivity index (χ1n) is 6.50. The van der Waals surface area contributed by atoms with Crippen LogP contribution in [-0.4, -0.2) is 39.7 Å². The Bertz CT molecular complexity index is 468. The van der Waals surface area contributed by atoms with Crippen LogP contribution in [0.25, 0.3) is 0 Å². The van der Waals surface area contributed by atoms with E-state index in [4.69, 9.17) is 0 Å². The minimum Gasteiger partial charge on any atom is -0.394 e. The van der Waals surface area contributed by atoms with Gasteiger partial charge in [-0.25, -0.2) is 0 Å². The van der Waals surface area contributed by atoms with Gasteiger partial charge in [0.25, 0.3) is 5.91 Å². The normalized spacial score (nSPS) is 23.7. The second kappa shape index (κ2) is 4.70.